The Morgan fingerprint density at radius 3 is 2.71 bits per heavy atom. The van der Waals surface area contributed by atoms with Gasteiger partial charge in [0.05, 0.1) is 30.5 Å². The van der Waals surface area contributed by atoms with Crippen molar-refractivity contribution in [2.45, 2.75) is 12.5 Å². The molecule has 0 bridgehead atoms. The van der Waals surface area contributed by atoms with Gasteiger partial charge in [0.25, 0.3) is 0 Å². The quantitative estimate of drug-likeness (QED) is 0.775. The van der Waals surface area contributed by atoms with Gasteiger partial charge < -0.3 is 5.11 Å². The van der Waals surface area contributed by atoms with E-state index in [9.17, 15) is 5.11 Å². The zero-order valence-electron chi connectivity index (χ0n) is 12.8. The zero-order valence-corrected chi connectivity index (χ0v) is 13.6. The molecule has 1 aromatic heterocycles. The highest BCUT2D eigenvalue weighted by Gasteiger charge is 2.14. The largest absolute Gasteiger partial charge is 0.394 e. The molecule has 1 atom stereocenters. The van der Waals surface area contributed by atoms with E-state index >= 15 is 0 Å². The molecule has 0 spiro atoms. The maximum atomic E-state index is 9.70. The zero-order chi connectivity index (χ0) is 16.9. The van der Waals surface area contributed by atoms with Gasteiger partial charge in [-0.2, -0.15) is 5.26 Å². The van der Waals surface area contributed by atoms with Crippen LogP contribution in [0.1, 0.15) is 17.2 Å². The van der Waals surface area contributed by atoms with Gasteiger partial charge in [-0.15, -0.1) is 5.10 Å². The maximum Gasteiger partial charge on any atom is 0.113 e. The molecule has 6 heteroatoms. The van der Waals surface area contributed by atoms with Crippen LogP contribution in [0.2, 0.25) is 5.02 Å². The standard InChI is InChI=1S/C18H15ClN4O/c19-16-6-4-13(5-7-16)9-17(12-24)23-11-18(21-22-23)15-3-1-2-14(8-15)10-20/h1-8,11,17,24H,9,12H2/t17-/m0/s1. The average molecular weight is 339 g/mol. The van der Waals surface area contributed by atoms with Gasteiger partial charge in [-0.25, -0.2) is 4.68 Å². The van der Waals surface area contributed by atoms with Gasteiger partial charge in [-0.3, -0.25) is 0 Å². The predicted molar refractivity (Wildman–Crippen MR) is 91.5 cm³/mol. The number of hydrogen-bond donors (Lipinski definition) is 1. The normalized spacial score (nSPS) is 11.9. The van der Waals surface area contributed by atoms with Gasteiger partial charge in [0.15, 0.2) is 0 Å². The van der Waals surface area contributed by atoms with Crippen LogP contribution in [0.4, 0.5) is 0 Å². The number of aliphatic hydroxyl groups excluding tert-OH is 1. The van der Waals surface area contributed by atoms with E-state index in [1.165, 1.54) is 0 Å². The van der Waals surface area contributed by atoms with Gasteiger partial charge in [0.1, 0.15) is 5.69 Å². The highest BCUT2D eigenvalue weighted by molar-refractivity contribution is 6.30. The Bertz CT molecular complexity index is 867. The molecular formula is C18H15ClN4O. The molecular weight excluding hydrogens is 324 g/mol. The summed E-state index contributed by atoms with van der Waals surface area (Å²) in [6.07, 6.45) is 2.40. The molecule has 0 aliphatic carbocycles. The minimum absolute atomic E-state index is 0.0519. The highest BCUT2D eigenvalue weighted by Crippen LogP contribution is 2.21. The van der Waals surface area contributed by atoms with Crippen molar-refractivity contribution in [1.29, 1.82) is 5.26 Å². The second-order valence-electron chi connectivity index (χ2n) is 5.44. The van der Waals surface area contributed by atoms with Crippen molar-refractivity contribution >= 4 is 11.6 Å². The Balaban J connectivity index is 1.82. The van der Waals surface area contributed by atoms with Crippen LogP contribution in [-0.2, 0) is 6.42 Å². The summed E-state index contributed by atoms with van der Waals surface area (Å²) in [6.45, 7) is -0.0519. The van der Waals surface area contributed by atoms with Crippen molar-refractivity contribution in [3.63, 3.8) is 0 Å². The number of rotatable bonds is 5. The number of aromatic nitrogens is 3. The number of nitrogens with zero attached hydrogens (tertiary/aromatic N) is 4. The average Bonchev–Trinajstić information content (AvgIpc) is 3.11. The summed E-state index contributed by atoms with van der Waals surface area (Å²) in [5.74, 6) is 0. The molecule has 3 rings (SSSR count). The van der Waals surface area contributed by atoms with Gasteiger partial charge in [0.2, 0.25) is 0 Å². The van der Waals surface area contributed by atoms with Crippen LogP contribution in [0.5, 0.6) is 0 Å². The third kappa shape index (κ3) is 3.62. The molecule has 3 aromatic rings. The minimum atomic E-state index is -0.216. The van der Waals surface area contributed by atoms with E-state index in [-0.39, 0.29) is 12.6 Å². The van der Waals surface area contributed by atoms with Crippen molar-refractivity contribution in [3.8, 4) is 17.3 Å². The maximum absolute atomic E-state index is 9.70. The smallest absolute Gasteiger partial charge is 0.113 e. The van der Waals surface area contributed by atoms with Crippen molar-refractivity contribution in [2.75, 3.05) is 6.61 Å². The molecule has 0 aliphatic rings. The van der Waals surface area contributed by atoms with E-state index in [4.69, 9.17) is 16.9 Å². The second-order valence-corrected chi connectivity index (χ2v) is 5.88. The fourth-order valence-corrected chi connectivity index (χ4v) is 2.60. The Labute approximate surface area is 144 Å². The first kappa shape index (κ1) is 16.2. The number of aliphatic hydroxyl groups is 1. The van der Waals surface area contributed by atoms with Crippen LogP contribution in [0.15, 0.2) is 54.7 Å². The van der Waals surface area contributed by atoms with Crippen LogP contribution in [-0.4, -0.2) is 26.7 Å². The molecule has 5 nitrogen and oxygen atoms in total. The lowest BCUT2D eigenvalue weighted by Crippen LogP contribution is -2.16. The molecule has 0 radical (unpaired) electrons. The molecule has 24 heavy (non-hydrogen) atoms. The first-order valence-electron chi connectivity index (χ1n) is 7.47. The topological polar surface area (TPSA) is 74.7 Å². The van der Waals surface area contributed by atoms with Crippen LogP contribution in [0.3, 0.4) is 0 Å². The van der Waals surface area contributed by atoms with Crippen LogP contribution in [0, 0.1) is 11.3 Å². The predicted octanol–water partition coefficient (Wildman–Crippen LogP) is 3.25. The molecule has 0 unspecified atom stereocenters. The van der Waals surface area contributed by atoms with E-state index in [0.29, 0.717) is 22.7 Å². The Morgan fingerprint density at radius 2 is 2.00 bits per heavy atom. The molecule has 0 saturated carbocycles. The first-order valence-corrected chi connectivity index (χ1v) is 7.85. The molecule has 0 saturated heterocycles. The van der Waals surface area contributed by atoms with Crippen LogP contribution >= 0.6 is 11.6 Å². The van der Waals surface area contributed by atoms with Crippen molar-refractivity contribution < 1.29 is 5.11 Å². The Morgan fingerprint density at radius 1 is 1.21 bits per heavy atom. The summed E-state index contributed by atoms with van der Waals surface area (Å²) in [7, 11) is 0. The molecule has 0 amide bonds. The van der Waals surface area contributed by atoms with Crippen LogP contribution < -0.4 is 0 Å². The van der Waals surface area contributed by atoms with E-state index in [0.717, 1.165) is 11.1 Å². The molecule has 120 valence electrons. The fourth-order valence-electron chi connectivity index (χ4n) is 2.47. The Hall–Kier alpha value is -2.68. The van der Waals surface area contributed by atoms with Gasteiger partial charge in [0, 0.05) is 10.6 Å². The summed E-state index contributed by atoms with van der Waals surface area (Å²) in [4.78, 5) is 0. The third-order valence-corrected chi connectivity index (χ3v) is 4.02. The molecule has 2 aromatic carbocycles. The fraction of sp³-hybridized carbons (Fsp3) is 0.167. The van der Waals surface area contributed by atoms with Crippen molar-refractivity contribution in [1.82, 2.24) is 15.0 Å². The monoisotopic (exact) mass is 338 g/mol. The third-order valence-electron chi connectivity index (χ3n) is 3.77. The molecule has 1 heterocycles. The van der Waals surface area contributed by atoms with Gasteiger partial charge in [-0.05, 0) is 36.2 Å². The SMILES string of the molecule is N#Cc1cccc(-c2cn([C@H](CO)Cc3ccc(Cl)cc3)nn2)c1. The number of hydrogen-bond acceptors (Lipinski definition) is 4. The summed E-state index contributed by atoms with van der Waals surface area (Å²) >= 11 is 5.90. The molecule has 1 N–H and O–H groups in total. The van der Waals surface area contributed by atoms with E-state index in [1.807, 2.05) is 36.4 Å². The lowest BCUT2D eigenvalue weighted by Gasteiger charge is -2.14. The summed E-state index contributed by atoms with van der Waals surface area (Å²) in [6, 6.07) is 16.6. The lowest BCUT2D eigenvalue weighted by molar-refractivity contribution is 0.216. The van der Waals surface area contributed by atoms with Gasteiger partial charge in [-0.1, -0.05) is 41.1 Å². The molecule has 0 fully saturated rings. The highest BCUT2D eigenvalue weighted by atomic mass is 35.5. The summed E-state index contributed by atoms with van der Waals surface area (Å²) in [5, 5.41) is 27.7. The number of halogens is 1. The van der Waals surface area contributed by atoms with E-state index in [2.05, 4.69) is 16.4 Å². The summed E-state index contributed by atoms with van der Waals surface area (Å²) < 4.78 is 1.66. The van der Waals surface area contributed by atoms with Crippen LogP contribution in [0.25, 0.3) is 11.3 Å². The minimum Gasteiger partial charge on any atom is -0.394 e. The van der Waals surface area contributed by atoms with Gasteiger partial charge >= 0.3 is 0 Å². The number of benzene rings is 2. The summed E-state index contributed by atoms with van der Waals surface area (Å²) in [5.41, 5.74) is 3.12. The second kappa shape index (κ2) is 7.26. The van der Waals surface area contributed by atoms with Crippen molar-refractivity contribution in [3.05, 3.63) is 70.9 Å². The lowest BCUT2D eigenvalue weighted by atomic mass is 10.1. The van der Waals surface area contributed by atoms with Crippen molar-refractivity contribution in [2.24, 2.45) is 0 Å². The van der Waals surface area contributed by atoms with E-state index < -0.39 is 0 Å². The molecule has 0 aliphatic heterocycles. The number of nitriles is 1. The van der Waals surface area contributed by atoms with E-state index in [1.54, 1.807) is 23.0 Å². The first-order chi connectivity index (χ1) is 11.7. The Kier molecular flexibility index (Phi) is 4.90.